The van der Waals surface area contributed by atoms with E-state index in [0.717, 1.165) is 28.3 Å². The van der Waals surface area contributed by atoms with Gasteiger partial charge in [0.25, 0.3) is 0 Å². The standard InChI is InChI=1S/C49H36N2/c1-35-23-32-46-45-20-9-11-22-48(45)51(49(46)33-35)47-21-10-8-19-44(47)40-17-12-18-43(34-40)50(41-28-24-38(25-29-41)36-13-4-2-5-14-36)42-30-26-39(27-31-42)37-15-6-3-7-16-37/h2-34H,1H3. The third-order valence-corrected chi connectivity index (χ3v) is 9.85. The van der Waals surface area contributed by atoms with Gasteiger partial charge in [0.15, 0.2) is 0 Å². The number of hydrogen-bond acceptors (Lipinski definition) is 1. The van der Waals surface area contributed by atoms with Crippen molar-refractivity contribution in [2.75, 3.05) is 4.90 Å². The van der Waals surface area contributed by atoms with Crippen molar-refractivity contribution in [3.05, 3.63) is 206 Å². The van der Waals surface area contributed by atoms with E-state index in [2.05, 4.69) is 217 Å². The van der Waals surface area contributed by atoms with Gasteiger partial charge in [0, 0.05) is 33.4 Å². The summed E-state index contributed by atoms with van der Waals surface area (Å²) in [4.78, 5) is 2.36. The van der Waals surface area contributed by atoms with E-state index in [-0.39, 0.29) is 0 Å². The molecule has 2 heteroatoms. The van der Waals surface area contributed by atoms with Crippen molar-refractivity contribution in [2.24, 2.45) is 0 Å². The molecule has 0 unspecified atom stereocenters. The molecule has 9 rings (SSSR count). The quantitative estimate of drug-likeness (QED) is 0.166. The predicted molar refractivity (Wildman–Crippen MR) is 217 cm³/mol. The van der Waals surface area contributed by atoms with Crippen LogP contribution in [-0.2, 0) is 0 Å². The van der Waals surface area contributed by atoms with Gasteiger partial charge in [-0.05, 0) is 94.9 Å². The highest BCUT2D eigenvalue weighted by atomic mass is 15.1. The van der Waals surface area contributed by atoms with Crippen LogP contribution in [0.3, 0.4) is 0 Å². The first-order valence-corrected chi connectivity index (χ1v) is 17.5. The summed E-state index contributed by atoms with van der Waals surface area (Å²) in [6.07, 6.45) is 0. The number of rotatable bonds is 7. The molecule has 0 saturated carbocycles. The van der Waals surface area contributed by atoms with Gasteiger partial charge in [-0.25, -0.2) is 0 Å². The maximum atomic E-state index is 2.43. The highest BCUT2D eigenvalue weighted by Gasteiger charge is 2.18. The minimum Gasteiger partial charge on any atom is -0.310 e. The number of aromatic nitrogens is 1. The third-order valence-electron chi connectivity index (χ3n) is 9.85. The van der Waals surface area contributed by atoms with Crippen molar-refractivity contribution >= 4 is 38.9 Å². The second kappa shape index (κ2) is 13.0. The van der Waals surface area contributed by atoms with E-state index in [9.17, 15) is 0 Å². The Morgan fingerprint density at radius 1 is 0.353 bits per heavy atom. The lowest BCUT2D eigenvalue weighted by molar-refractivity contribution is 1.18. The van der Waals surface area contributed by atoms with Crippen LogP contribution in [0.25, 0.3) is 60.9 Å². The third kappa shape index (κ3) is 5.67. The molecule has 0 aliphatic carbocycles. The molecule has 0 aliphatic heterocycles. The van der Waals surface area contributed by atoms with Crippen LogP contribution in [0, 0.1) is 6.92 Å². The second-order valence-electron chi connectivity index (χ2n) is 13.1. The minimum absolute atomic E-state index is 1.10. The largest absolute Gasteiger partial charge is 0.310 e. The smallest absolute Gasteiger partial charge is 0.0543 e. The van der Waals surface area contributed by atoms with Crippen LogP contribution < -0.4 is 4.90 Å². The molecule has 0 aliphatic rings. The van der Waals surface area contributed by atoms with Gasteiger partial charge in [-0.2, -0.15) is 0 Å². The molecule has 0 amide bonds. The highest BCUT2D eigenvalue weighted by molar-refractivity contribution is 6.10. The fourth-order valence-corrected chi connectivity index (χ4v) is 7.38. The van der Waals surface area contributed by atoms with E-state index < -0.39 is 0 Å². The van der Waals surface area contributed by atoms with Crippen LogP contribution in [0.5, 0.6) is 0 Å². The number of para-hydroxylation sites is 2. The van der Waals surface area contributed by atoms with Crippen molar-refractivity contribution in [3.63, 3.8) is 0 Å². The molecular weight excluding hydrogens is 617 g/mol. The van der Waals surface area contributed by atoms with Crippen molar-refractivity contribution in [1.82, 2.24) is 4.57 Å². The Morgan fingerprint density at radius 2 is 0.882 bits per heavy atom. The lowest BCUT2D eigenvalue weighted by Crippen LogP contribution is -2.10. The maximum absolute atomic E-state index is 2.43. The number of benzene rings is 8. The average Bonchev–Trinajstić information content (AvgIpc) is 3.52. The van der Waals surface area contributed by atoms with Crippen molar-refractivity contribution < 1.29 is 0 Å². The van der Waals surface area contributed by atoms with E-state index in [4.69, 9.17) is 0 Å². The van der Waals surface area contributed by atoms with E-state index in [0.29, 0.717) is 0 Å². The molecule has 0 bridgehead atoms. The van der Waals surface area contributed by atoms with Gasteiger partial charge >= 0.3 is 0 Å². The summed E-state index contributed by atoms with van der Waals surface area (Å²) in [6.45, 7) is 2.17. The summed E-state index contributed by atoms with van der Waals surface area (Å²) in [7, 11) is 0. The molecule has 0 fully saturated rings. The summed E-state index contributed by atoms with van der Waals surface area (Å²) in [5.74, 6) is 0. The summed E-state index contributed by atoms with van der Waals surface area (Å²) in [5, 5.41) is 2.53. The van der Waals surface area contributed by atoms with Crippen molar-refractivity contribution in [3.8, 4) is 39.1 Å². The number of hydrogen-bond donors (Lipinski definition) is 0. The molecule has 0 atom stereocenters. The Labute approximate surface area is 299 Å². The molecule has 0 spiro atoms. The molecule has 0 saturated heterocycles. The van der Waals surface area contributed by atoms with Gasteiger partial charge in [-0.3, -0.25) is 0 Å². The van der Waals surface area contributed by atoms with Crippen LogP contribution in [0.4, 0.5) is 17.1 Å². The molecule has 51 heavy (non-hydrogen) atoms. The lowest BCUT2D eigenvalue weighted by atomic mass is 10.0. The van der Waals surface area contributed by atoms with E-state index in [1.807, 2.05) is 0 Å². The molecule has 9 aromatic rings. The van der Waals surface area contributed by atoms with Gasteiger partial charge in [-0.15, -0.1) is 0 Å². The molecule has 1 heterocycles. The molecule has 2 nitrogen and oxygen atoms in total. The first-order valence-electron chi connectivity index (χ1n) is 17.5. The first-order chi connectivity index (χ1) is 25.2. The number of nitrogens with zero attached hydrogens (tertiary/aromatic N) is 2. The Hall–Kier alpha value is -6.64. The number of fused-ring (bicyclic) bond motifs is 3. The maximum Gasteiger partial charge on any atom is 0.0543 e. The van der Waals surface area contributed by atoms with Gasteiger partial charge < -0.3 is 9.47 Å². The topological polar surface area (TPSA) is 8.17 Å². The zero-order valence-electron chi connectivity index (χ0n) is 28.4. The van der Waals surface area contributed by atoms with Gasteiger partial charge in [0.2, 0.25) is 0 Å². The monoisotopic (exact) mass is 652 g/mol. The molecular formula is C49H36N2. The Morgan fingerprint density at radius 3 is 1.55 bits per heavy atom. The van der Waals surface area contributed by atoms with Crippen molar-refractivity contribution in [1.29, 1.82) is 0 Å². The van der Waals surface area contributed by atoms with Crippen molar-refractivity contribution in [2.45, 2.75) is 6.92 Å². The van der Waals surface area contributed by atoms with E-state index >= 15 is 0 Å². The van der Waals surface area contributed by atoms with Gasteiger partial charge in [0.05, 0.1) is 16.7 Å². The van der Waals surface area contributed by atoms with Gasteiger partial charge in [0.1, 0.15) is 0 Å². The normalized spacial score (nSPS) is 11.2. The summed E-state index contributed by atoms with van der Waals surface area (Å²) in [6, 6.07) is 72.2. The molecule has 1 aromatic heterocycles. The zero-order chi connectivity index (χ0) is 34.1. The fourth-order valence-electron chi connectivity index (χ4n) is 7.38. The zero-order valence-corrected chi connectivity index (χ0v) is 28.4. The second-order valence-corrected chi connectivity index (χ2v) is 13.1. The molecule has 0 radical (unpaired) electrons. The number of anilines is 3. The molecule has 8 aromatic carbocycles. The van der Waals surface area contributed by atoms with Crippen LogP contribution in [0.1, 0.15) is 5.56 Å². The summed E-state index contributed by atoms with van der Waals surface area (Å²) < 4.78 is 2.43. The highest BCUT2D eigenvalue weighted by Crippen LogP contribution is 2.41. The molecule has 242 valence electrons. The average molecular weight is 653 g/mol. The summed E-state index contributed by atoms with van der Waals surface area (Å²) >= 11 is 0. The first kappa shape index (κ1) is 30.4. The van der Waals surface area contributed by atoms with Crippen LogP contribution in [0.15, 0.2) is 200 Å². The number of aryl methyl sites for hydroxylation is 1. The van der Waals surface area contributed by atoms with E-state index in [1.54, 1.807) is 0 Å². The van der Waals surface area contributed by atoms with Crippen LogP contribution >= 0.6 is 0 Å². The summed E-state index contributed by atoms with van der Waals surface area (Å²) in [5.41, 5.74) is 15.3. The predicted octanol–water partition coefficient (Wildman–Crippen LogP) is 13.6. The van der Waals surface area contributed by atoms with E-state index in [1.165, 1.54) is 55.2 Å². The van der Waals surface area contributed by atoms with Crippen LogP contribution in [-0.4, -0.2) is 4.57 Å². The Kier molecular flexibility index (Phi) is 7.75. The minimum atomic E-state index is 1.10. The Balaban J connectivity index is 1.18. The fraction of sp³-hybridized carbons (Fsp3) is 0.0204. The molecule has 0 N–H and O–H groups in total. The lowest BCUT2D eigenvalue weighted by Gasteiger charge is -2.27. The van der Waals surface area contributed by atoms with Gasteiger partial charge in [-0.1, -0.05) is 146 Å². The Bertz CT molecular complexity index is 2530. The SMILES string of the molecule is Cc1ccc2c3ccccc3n(-c3ccccc3-c3cccc(N(c4ccc(-c5ccccc5)cc4)c4ccc(-c5ccccc5)cc4)c3)c2c1. The van der Waals surface area contributed by atoms with Crippen LogP contribution in [0.2, 0.25) is 0 Å².